The Labute approximate surface area is 176 Å². The van der Waals surface area contributed by atoms with E-state index in [1.165, 1.54) is 10.6 Å². The van der Waals surface area contributed by atoms with E-state index in [2.05, 4.69) is 10.3 Å². The Bertz CT molecular complexity index is 1170. The maximum absolute atomic E-state index is 13.3. The smallest absolute Gasteiger partial charge is 0.370 e. The minimum Gasteiger partial charge on any atom is -0.370 e. The summed E-state index contributed by atoms with van der Waals surface area (Å²) in [5, 5.41) is 2.60. The number of halogens is 3. The molecular formula is C22H21F3N4O2. The second kappa shape index (κ2) is 8.41. The van der Waals surface area contributed by atoms with Crippen LogP contribution in [-0.4, -0.2) is 28.5 Å². The molecule has 1 aliphatic rings. The highest BCUT2D eigenvalue weighted by atomic mass is 19.4. The first-order chi connectivity index (χ1) is 14.8. The number of para-hydroxylation sites is 2. The molecule has 9 heteroatoms. The summed E-state index contributed by atoms with van der Waals surface area (Å²) >= 11 is 0. The van der Waals surface area contributed by atoms with Gasteiger partial charge in [0, 0.05) is 13.1 Å². The number of rotatable bonds is 4. The summed E-state index contributed by atoms with van der Waals surface area (Å²) in [7, 11) is 0. The number of benzene rings is 2. The zero-order valence-corrected chi connectivity index (χ0v) is 16.7. The van der Waals surface area contributed by atoms with Gasteiger partial charge < -0.3 is 10.2 Å². The van der Waals surface area contributed by atoms with E-state index in [0.29, 0.717) is 29.8 Å². The van der Waals surface area contributed by atoms with Crippen LogP contribution in [0.5, 0.6) is 0 Å². The second-order valence-corrected chi connectivity index (χ2v) is 7.50. The summed E-state index contributed by atoms with van der Waals surface area (Å²) in [6.45, 7) is 1.09. The predicted octanol–water partition coefficient (Wildman–Crippen LogP) is 4.04. The molecule has 0 saturated carbocycles. The maximum Gasteiger partial charge on any atom is 0.416 e. The quantitative estimate of drug-likeness (QED) is 0.678. The average molecular weight is 430 g/mol. The van der Waals surface area contributed by atoms with Gasteiger partial charge >= 0.3 is 6.18 Å². The third-order valence-corrected chi connectivity index (χ3v) is 5.35. The highest BCUT2D eigenvalue weighted by molar-refractivity contribution is 5.95. The summed E-state index contributed by atoms with van der Waals surface area (Å²) in [5.74, 6) is -0.587. The van der Waals surface area contributed by atoms with Crippen molar-refractivity contribution in [2.24, 2.45) is 0 Å². The molecule has 1 aliphatic heterocycles. The van der Waals surface area contributed by atoms with Gasteiger partial charge in [-0.25, -0.2) is 4.98 Å². The average Bonchev–Trinajstić information content (AvgIpc) is 2.76. The molecule has 3 aromatic rings. The first kappa shape index (κ1) is 20.9. The van der Waals surface area contributed by atoms with Crippen molar-refractivity contribution in [1.29, 1.82) is 0 Å². The molecule has 2 heterocycles. The number of nitrogens with one attached hydrogen (secondary N) is 1. The van der Waals surface area contributed by atoms with Gasteiger partial charge in [-0.2, -0.15) is 13.2 Å². The number of hydrogen-bond acceptors (Lipinski definition) is 4. The van der Waals surface area contributed by atoms with Crippen molar-refractivity contribution in [3.05, 3.63) is 64.6 Å². The Kier molecular flexibility index (Phi) is 5.67. The van der Waals surface area contributed by atoms with Crippen LogP contribution in [0, 0.1) is 0 Å². The Hall–Kier alpha value is -3.36. The van der Waals surface area contributed by atoms with Gasteiger partial charge in [0.25, 0.3) is 5.56 Å². The Morgan fingerprint density at radius 1 is 1.06 bits per heavy atom. The molecule has 0 spiro atoms. The molecule has 31 heavy (non-hydrogen) atoms. The van der Waals surface area contributed by atoms with Gasteiger partial charge in [0.1, 0.15) is 6.54 Å². The van der Waals surface area contributed by atoms with Gasteiger partial charge in [-0.1, -0.05) is 12.1 Å². The molecule has 1 fully saturated rings. The van der Waals surface area contributed by atoms with Crippen molar-refractivity contribution in [3.63, 3.8) is 0 Å². The molecule has 0 unspecified atom stereocenters. The monoisotopic (exact) mass is 430 g/mol. The highest BCUT2D eigenvalue weighted by Crippen LogP contribution is 2.36. The Balaban J connectivity index is 1.65. The number of anilines is 2. The molecule has 1 saturated heterocycles. The molecule has 1 N–H and O–H groups in total. The topological polar surface area (TPSA) is 67.2 Å². The zero-order chi connectivity index (χ0) is 22.0. The van der Waals surface area contributed by atoms with Crippen LogP contribution in [0.2, 0.25) is 0 Å². The number of nitrogens with zero attached hydrogens (tertiary/aromatic N) is 3. The number of amides is 1. The fourth-order valence-electron chi connectivity index (χ4n) is 3.83. The van der Waals surface area contributed by atoms with Crippen LogP contribution in [0.25, 0.3) is 11.0 Å². The number of aromatic nitrogens is 2. The summed E-state index contributed by atoms with van der Waals surface area (Å²) in [6.07, 6.45) is -0.465. The lowest BCUT2D eigenvalue weighted by molar-refractivity contribution is -0.137. The standard InChI is InChI=1S/C22H21F3N4O2/c23-22(24,25)15-8-9-18(28-10-4-1-5-11-28)17(12-15)27-20(30)14-29-19-7-3-2-6-16(19)26-13-21(29)31/h2-3,6-9,12-13H,1,4-5,10-11,14H2,(H,27,30). The number of carbonyl (C=O) groups is 1. The van der Waals surface area contributed by atoms with E-state index in [-0.39, 0.29) is 12.2 Å². The lowest BCUT2D eigenvalue weighted by Gasteiger charge is -2.31. The van der Waals surface area contributed by atoms with Crippen LogP contribution >= 0.6 is 0 Å². The summed E-state index contributed by atoms with van der Waals surface area (Å²) in [5.41, 5.74) is 0.360. The molecule has 0 aliphatic carbocycles. The van der Waals surface area contributed by atoms with E-state index in [4.69, 9.17) is 0 Å². The number of alkyl halides is 3. The van der Waals surface area contributed by atoms with Crippen LogP contribution in [0.4, 0.5) is 24.5 Å². The van der Waals surface area contributed by atoms with Gasteiger partial charge in [0.15, 0.2) is 0 Å². The van der Waals surface area contributed by atoms with Gasteiger partial charge in [0.2, 0.25) is 5.91 Å². The number of fused-ring (bicyclic) bond motifs is 1. The van der Waals surface area contributed by atoms with Crippen molar-refractivity contribution in [1.82, 2.24) is 9.55 Å². The van der Waals surface area contributed by atoms with E-state index < -0.39 is 23.2 Å². The van der Waals surface area contributed by atoms with Crippen molar-refractivity contribution in [3.8, 4) is 0 Å². The van der Waals surface area contributed by atoms with E-state index in [1.54, 1.807) is 24.3 Å². The Morgan fingerprint density at radius 3 is 2.55 bits per heavy atom. The van der Waals surface area contributed by atoms with Crippen LogP contribution in [0.3, 0.4) is 0 Å². The van der Waals surface area contributed by atoms with Crippen molar-refractivity contribution >= 4 is 28.3 Å². The van der Waals surface area contributed by atoms with Gasteiger partial charge in [-0.3, -0.25) is 14.2 Å². The molecule has 4 rings (SSSR count). The van der Waals surface area contributed by atoms with Gasteiger partial charge in [-0.05, 0) is 49.6 Å². The first-order valence-electron chi connectivity index (χ1n) is 10.0. The van der Waals surface area contributed by atoms with Crippen LogP contribution in [0.15, 0.2) is 53.5 Å². The van der Waals surface area contributed by atoms with Crippen LogP contribution in [-0.2, 0) is 17.5 Å². The molecule has 2 aromatic carbocycles. The highest BCUT2D eigenvalue weighted by Gasteiger charge is 2.32. The molecule has 0 bridgehead atoms. The third kappa shape index (κ3) is 4.55. The number of carbonyl (C=O) groups excluding carboxylic acids is 1. The number of hydrogen-bond donors (Lipinski definition) is 1. The lowest BCUT2D eigenvalue weighted by Crippen LogP contribution is -2.32. The third-order valence-electron chi connectivity index (χ3n) is 5.35. The van der Waals surface area contributed by atoms with E-state index >= 15 is 0 Å². The SMILES string of the molecule is O=C(Cn1c(=O)cnc2ccccc21)Nc1cc(C(F)(F)F)ccc1N1CCCCC1. The van der Waals surface area contributed by atoms with E-state index in [9.17, 15) is 22.8 Å². The minimum absolute atomic E-state index is 0.0909. The first-order valence-corrected chi connectivity index (χ1v) is 10.0. The van der Waals surface area contributed by atoms with Gasteiger partial charge in [-0.15, -0.1) is 0 Å². The maximum atomic E-state index is 13.3. The van der Waals surface area contributed by atoms with Crippen molar-refractivity contribution in [2.75, 3.05) is 23.3 Å². The van der Waals surface area contributed by atoms with Crippen LogP contribution in [0.1, 0.15) is 24.8 Å². The zero-order valence-electron chi connectivity index (χ0n) is 16.7. The number of piperidine rings is 1. The molecule has 0 atom stereocenters. The second-order valence-electron chi connectivity index (χ2n) is 7.50. The molecule has 0 radical (unpaired) electrons. The van der Waals surface area contributed by atoms with Gasteiger partial charge in [0.05, 0.1) is 34.2 Å². The molecular weight excluding hydrogens is 409 g/mol. The normalized spacial score (nSPS) is 14.6. The molecule has 162 valence electrons. The fraction of sp³-hybridized carbons (Fsp3) is 0.318. The predicted molar refractivity (Wildman–Crippen MR) is 112 cm³/mol. The Morgan fingerprint density at radius 2 is 1.81 bits per heavy atom. The summed E-state index contributed by atoms with van der Waals surface area (Å²) in [6, 6.07) is 10.2. The van der Waals surface area contributed by atoms with Crippen LogP contribution < -0.4 is 15.8 Å². The van der Waals surface area contributed by atoms with Crippen molar-refractivity contribution < 1.29 is 18.0 Å². The fourth-order valence-corrected chi connectivity index (χ4v) is 3.83. The lowest BCUT2D eigenvalue weighted by atomic mass is 10.1. The molecule has 1 aromatic heterocycles. The van der Waals surface area contributed by atoms with E-state index in [0.717, 1.165) is 37.6 Å². The van der Waals surface area contributed by atoms with E-state index in [1.807, 2.05) is 4.90 Å². The largest absolute Gasteiger partial charge is 0.416 e. The minimum atomic E-state index is -4.53. The summed E-state index contributed by atoms with van der Waals surface area (Å²) < 4.78 is 41.1. The molecule has 6 nitrogen and oxygen atoms in total. The summed E-state index contributed by atoms with van der Waals surface area (Å²) in [4.78, 5) is 31.1. The molecule has 1 amide bonds. The van der Waals surface area contributed by atoms with Crippen molar-refractivity contribution in [2.45, 2.75) is 32.0 Å².